The molecule has 25 heavy (non-hydrogen) atoms. The van der Waals surface area contributed by atoms with Crippen LogP contribution in [0.4, 0.5) is 9.80 Å². The SMILES string of the molecule is CCOC(=O)c1c(NC(=O)OC(C)(C)C)sc(C(=O)OC(C)C)c1C. The van der Waals surface area contributed by atoms with Gasteiger partial charge in [-0.2, -0.15) is 0 Å². The summed E-state index contributed by atoms with van der Waals surface area (Å²) in [5.41, 5.74) is -0.159. The van der Waals surface area contributed by atoms with Crippen molar-refractivity contribution in [2.24, 2.45) is 0 Å². The number of hydrogen-bond acceptors (Lipinski definition) is 7. The van der Waals surface area contributed by atoms with Gasteiger partial charge in [0.1, 0.15) is 15.5 Å². The maximum atomic E-state index is 12.3. The molecule has 1 aromatic heterocycles. The van der Waals surface area contributed by atoms with Crippen LogP contribution >= 0.6 is 11.3 Å². The van der Waals surface area contributed by atoms with Crippen molar-refractivity contribution in [2.45, 2.75) is 60.2 Å². The van der Waals surface area contributed by atoms with Crippen LogP contribution in [0.2, 0.25) is 0 Å². The number of carbonyl (C=O) groups is 3. The standard InChI is InChI=1S/C17H25NO6S/c1-8-22-14(19)11-10(4)12(15(20)23-9(2)3)25-13(11)18-16(21)24-17(5,6)7/h9H,8H2,1-7H3,(H,18,21). The molecule has 0 aliphatic rings. The zero-order valence-corrected chi connectivity index (χ0v) is 16.5. The van der Waals surface area contributed by atoms with E-state index < -0.39 is 23.6 Å². The highest BCUT2D eigenvalue weighted by Crippen LogP contribution is 2.34. The highest BCUT2D eigenvalue weighted by Gasteiger charge is 2.28. The number of carbonyl (C=O) groups excluding carboxylic acids is 3. The molecule has 8 heteroatoms. The monoisotopic (exact) mass is 371 g/mol. The number of nitrogens with one attached hydrogen (secondary N) is 1. The third kappa shape index (κ3) is 6.04. The number of anilines is 1. The average Bonchev–Trinajstić information content (AvgIpc) is 2.72. The lowest BCUT2D eigenvalue weighted by atomic mass is 10.1. The van der Waals surface area contributed by atoms with Gasteiger partial charge in [-0.1, -0.05) is 0 Å². The van der Waals surface area contributed by atoms with E-state index in [1.807, 2.05) is 0 Å². The molecule has 0 saturated heterocycles. The van der Waals surface area contributed by atoms with Crippen molar-refractivity contribution < 1.29 is 28.6 Å². The molecule has 0 spiro atoms. The molecule has 0 atom stereocenters. The largest absolute Gasteiger partial charge is 0.462 e. The first-order valence-corrected chi connectivity index (χ1v) is 8.79. The van der Waals surface area contributed by atoms with E-state index in [1.54, 1.807) is 48.5 Å². The summed E-state index contributed by atoms with van der Waals surface area (Å²) in [5, 5.41) is 2.72. The van der Waals surface area contributed by atoms with E-state index in [0.29, 0.717) is 5.56 Å². The van der Waals surface area contributed by atoms with Gasteiger partial charge in [-0.05, 0) is 54.0 Å². The number of rotatable bonds is 5. The Morgan fingerprint density at radius 1 is 1.16 bits per heavy atom. The summed E-state index contributed by atoms with van der Waals surface area (Å²) in [4.78, 5) is 36.8. The summed E-state index contributed by atoms with van der Waals surface area (Å²) in [7, 11) is 0. The summed E-state index contributed by atoms with van der Waals surface area (Å²) in [5.74, 6) is -1.17. The fourth-order valence-electron chi connectivity index (χ4n) is 1.91. The Labute approximate surface area is 151 Å². The average molecular weight is 371 g/mol. The molecule has 1 amide bonds. The third-order valence-corrected chi connectivity index (χ3v) is 3.96. The summed E-state index contributed by atoms with van der Waals surface area (Å²) in [6, 6.07) is 0. The number of ether oxygens (including phenoxy) is 3. The lowest BCUT2D eigenvalue weighted by molar-refractivity contribution is 0.0382. The second-order valence-corrected chi connectivity index (χ2v) is 7.58. The van der Waals surface area contributed by atoms with Gasteiger partial charge in [-0.3, -0.25) is 5.32 Å². The smallest absolute Gasteiger partial charge is 0.412 e. The molecule has 0 saturated carbocycles. The van der Waals surface area contributed by atoms with E-state index in [9.17, 15) is 14.4 Å². The van der Waals surface area contributed by atoms with Crippen LogP contribution in [0.3, 0.4) is 0 Å². The van der Waals surface area contributed by atoms with E-state index in [0.717, 1.165) is 11.3 Å². The summed E-state index contributed by atoms with van der Waals surface area (Å²) < 4.78 is 15.4. The van der Waals surface area contributed by atoms with E-state index in [-0.39, 0.29) is 28.2 Å². The lowest BCUT2D eigenvalue weighted by Crippen LogP contribution is -2.27. The predicted molar refractivity (Wildman–Crippen MR) is 95.4 cm³/mol. The van der Waals surface area contributed by atoms with Gasteiger partial charge in [0.05, 0.1) is 18.3 Å². The molecule has 0 fully saturated rings. The second-order valence-electron chi connectivity index (χ2n) is 6.56. The van der Waals surface area contributed by atoms with Gasteiger partial charge in [-0.25, -0.2) is 14.4 Å². The number of hydrogen-bond donors (Lipinski definition) is 1. The van der Waals surface area contributed by atoms with Crippen LogP contribution in [0, 0.1) is 6.92 Å². The quantitative estimate of drug-likeness (QED) is 0.618. The Kier molecular flexibility index (Phi) is 6.98. The summed E-state index contributed by atoms with van der Waals surface area (Å²) in [6.07, 6.45) is -1.02. The molecular weight excluding hydrogens is 346 g/mol. The van der Waals surface area contributed by atoms with Crippen LogP contribution < -0.4 is 5.32 Å². The molecular formula is C17H25NO6S. The van der Waals surface area contributed by atoms with Gasteiger partial charge in [-0.15, -0.1) is 11.3 Å². The number of thiophene rings is 1. The Bertz CT molecular complexity index is 657. The van der Waals surface area contributed by atoms with Crippen LogP contribution in [0.25, 0.3) is 0 Å². The maximum absolute atomic E-state index is 12.3. The first-order chi connectivity index (χ1) is 11.5. The molecule has 0 radical (unpaired) electrons. The van der Waals surface area contributed by atoms with Gasteiger partial charge in [0, 0.05) is 0 Å². The number of esters is 2. The Balaban J connectivity index is 3.22. The molecule has 1 heterocycles. The van der Waals surface area contributed by atoms with Gasteiger partial charge in [0.2, 0.25) is 0 Å². The first kappa shape index (κ1) is 21.0. The molecule has 0 unspecified atom stereocenters. The topological polar surface area (TPSA) is 90.9 Å². The van der Waals surface area contributed by atoms with Crippen molar-refractivity contribution in [3.63, 3.8) is 0 Å². The van der Waals surface area contributed by atoms with Gasteiger partial charge in [0.25, 0.3) is 0 Å². The van der Waals surface area contributed by atoms with Crippen molar-refractivity contribution in [3.8, 4) is 0 Å². The Morgan fingerprint density at radius 3 is 2.24 bits per heavy atom. The Hall–Kier alpha value is -2.09. The van der Waals surface area contributed by atoms with E-state index in [1.165, 1.54) is 0 Å². The number of amides is 1. The Morgan fingerprint density at radius 2 is 1.76 bits per heavy atom. The normalized spacial score (nSPS) is 11.2. The minimum atomic E-state index is -0.719. The van der Waals surface area contributed by atoms with Crippen molar-refractivity contribution in [1.82, 2.24) is 0 Å². The first-order valence-electron chi connectivity index (χ1n) is 7.97. The minimum Gasteiger partial charge on any atom is -0.462 e. The molecule has 0 aromatic carbocycles. The second kappa shape index (κ2) is 8.33. The van der Waals surface area contributed by atoms with E-state index in [4.69, 9.17) is 14.2 Å². The highest BCUT2D eigenvalue weighted by molar-refractivity contribution is 7.18. The van der Waals surface area contributed by atoms with Crippen LogP contribution in [0.15, 0.2) is 0 Å². The van der Waals surface area contributed by atoms with Gasteiger partial charge < -0.3 is 14.2 Å². The van der Waals surface area contributed by atoms with E-state index in [2.05, 4.69) is 5.32 Å². The van der Waals surface area contributed by atoms with Crippen molar-refractivity contribution in [3.05, 3.63) is 16.0 Å². The third-order valence-electron chi connectivity index (χ3n) is 2.77. The molecule has 1 aromatic rings. The van der Waals surface area contributed by atoms with Gasteiger partial charge in [0.15, 0.2) is 0 Å². The highest BCUT2D eigenvalue weighted by atomic mass is 32.1. The zero-order valence-electron chi connectivity index (χ0n) is 15.6. The maximum Gasteiger partial charge on any atom is 0.412 e. The lowest BCUT2D eigenvalue weighted by Gasteiger charge is -2.19. The zero-order chi connectivity index (χ0) is 19.4. The van der Waals surface area contributed by atoms with Crippen molar-refractivity contribution in [1.29, 1.82) is 0 Å². The van der Waals surface area contributed by atoms with Crippen molar-refractivity contribution >= 4 is 34.4 Å². The fourth-order valence-corrected chi connectivity index (χ4v) is 2.97. The molecule has 0 aliphatic carbocycles. The van der Waals surface area contributed by atoms with Gasteiger partial charge >= 0.3 is 18.0 Å². The minimum absolute atomic E-state index is 0.133. The predicted octanol–water partition coefficient (Wildman–Crippen LogP) is 4.15. The molecule has 0 bridgehead atoms. The summed E-state index contributed by atoms with van der Waals surface area (Å²) in [6.45, 7) is 12.1. The fraction of sp³-hybridized carbons (Fsp3) is 0.588. The van der Waals surface area contributed by atoms with Crippen LogP contribution in [-0.4, -0.2) is 36.3 Å². The van der Waals surface area contributed by atoms with Crippen LogP contribution in [0.1, 0.15) is 67.1 Å². The van der Waals surface area contributed by atoms with Crippen LogP contribution in [0.5, 0.6) is 0 Å². The molecule has 7 nitrogen and oxygen atoms in total. The van der Waals surface area contributed by atoms with Crippen LogP contribution in [-0.2, 0) is 14.2 Å². The van der Waals surface area contributed by atoms with E-state index >= 15 is 0 Å². The molecule has 0 aliphatic heterocycles. The molecule has 140 valence electrons. The summed E-state index contributed by atoms with van der Waals surface area (Å²) >= 11 is 0.957. The molecule has 1 rings (SSSR count). The molecule has 1 N–H and O–H groups in total. The van der Waals surface area contributed by atoms with Crippen molar-refractivity contribution in [2.75, 3.05) is 11.9 Å².